The molecule has 0 aromatic carbocycles. The number of nitrogen functional groups attached to an aromatic ring is 1. The molecule has 10 atom stereocenters. The number of aliphatic hydroxyl groups excluding tert-OH is 2. The number of amides is 2. The van der Waals surface area contributed by atoms with Crippen LogP contribution in [-0.4, -0.2) is 140 Å². The van der Waals surface area contributed by atoms with Crippen LogP contribution < -0.4 is 16.4 Å². The third kappa shape index (κ3) is 19.2. The number of carbonyl (C=O) groups excluding carboxylic acids is 4. The summed E-state index contributed by atoms with van der Waals surface area (Å²) in [4.78, 5) is 112. The quantitative estimate of drug-likeness (QED) is 0.0301. The maximum absolute atomic E-state index is 12.7. The van der Waals surface area contributed by atoms with Gasteiger partial charge in [-0.3, -0.25) is 42.1 Å². The van der Waals surface area contributed by atoms with E-state index in [4.69, 9.17) is 24.6 Å². The summed E-state index contributed by atoms with van der Waals surface area (Å²) in [7, 11) is -16.5. The Labute approximate surface area is 389 Å². The largest absolute Gasteiger partial charge is 0.481 e. The molecule has 2 amide bonds. The van der Waals surface area contributed by atoms with Crippen molar-refractivity contribution in [1.29, 1.82) is 0 Å². The third-order valence-corrected chi connectivity index (χ3v) is 14.5. The Balaban J connectivity index is 1.38. The van der Waals surface area contributed by atoms with Gasteiger partial charge < -0.3 is 56.0 Å². The number of nitrogens with one attached hydrogen (secondary N) is 2. The summed E-state index contributed by atoms with van der Waals surface area (Å²) in [6.07, 6.45) is -3.70. The standard InChI is InChI=1S/C36H60N7O20P3S/c1-20(7-6-8-21(2)15-26(46)47)9-10-23(44)22(3)35(51)67-14-13-38-25(45)11-12-39-33(50)30(49)36(4,5)17-60-66(57,58)63-65(55,56)59-16-24-29(62-64(52,53)54)28(48)34(61-24)43-19-42-27-31(37)40-18-41-32(27)43/h18-22,24,28-30,34,48-49H,6-17H2,1-5H3,(H,38,45)(H,39,50)(H,46,47)(H,55,56)(H,57,58)(H2,37,40,41)(H2,52,53,54)/t20?,21?,22?,24-,28+,29-,30+,34+/m1/s1. The number of nitrogens with two attached hydrogens (primary N) is 1. The number of phosphoric acid groups is 3. The van der Waals surface area contributed by atoms with Crippen LogP contribution in [0.4, 0.5) is 5.82 Å². The van der Waals surface area contributed by atoms with Gasteiger partial charge in [-0.05, 0) is 25.2 Å². The zero-order chi connectivity index (χ0) is 50.5. The predicted octanol–water partition coefficient (Wildman–Crippen LogP) is 1.57. The first-order valence-corrected chi connectivity index (χ1v) is 26.3. The molecule has 0 spiro atoms. The van der Waals surface area contributed by atoms with Crippen molar-refractivity contribution < 1.29 is 95.2 Å². The minimum absolute atomic E-state index is 0.0179. The highest BCUT2D eigenvalue weighted by Crippen LogP contribution is 2.61. The van der Waals surface area contributed by atoms with Gasteiger partial charge in [0.1, 0.15) is 42.0 Å². The normalized spacial score (nSPS) is 21.4. The highest BCUT2D eigenvalue weighted by atomic mass is 32.2. The van der Waals surface area contributed by atoms with Crippen LogP contribution in [0.15, 0.2) is 12.7 Å². The second kappa shape index (κ2) is 25.5. The lowest BCUT2D eigenvalue weighted by Gasteiger charge is -2.30. The van der Waals surface area contributed by atoms with E-state index in [0.29, 0.717) is 6.42 Å². The second-order valence-electron chi connectivity index (χ2n) is 16.7. The fraction of sp³-hybridized carbons (Fsp3) is 0.722. The lowest BCUT2D eigenvalue weighted by atomic mass is 9.87. The monoisotopic (exact) mass is 1040 g/mol. The molecule has 1 aliphatic heterocycles. The molecule has 3 rings (SSSR count). The molecule has 1 saturated heterocycles. The number of ether oxygens (including phenoxy) is 1. The van der Waals surface area contributed by atoms with Crippen molar-refractivity contribution in [2.45, 2.75) is 110 Å². The first-order valence-electron chi connectivity index (χ1n) is 20.8. The molecule has 1 fully saturated rings. The highest BCUT2D eigenvalue weighted by Gasteiger charge is 2.50. The number of carboxylic acid groups (broad SMARTS) is 1. The van der Waals surface area contributed by atoms with Gasteiger partial charge in [-0.15, -0.1) is 0 Å². The van der Waals surface area contributed by atoms with Gasteiger partial charge in [-0.2, -0.15) is 4.31 Å². The van der Waals surface area contributed by atoms with Crippen LogP contribution in [0.1, 0.15) is 85.8 Å². The van der Waals surface area contributed by atoms with Crippen molar-refractivity contribution in [1.82, 2.24) is 30.2 Å². The van der Waals surface area contributed by atoms with Gasteiger partial charge in [0.2, 0.25) is 11.8 Å². The van der Waals surface area contributed by atoms with E-state index in [2.05, 4.69) is 34.4 Å². The van der Waals surface area contributed by atoms with Crippen LogP contribution in [0, 0.1) is 23.2 Å². The van der Waals surface area contributed by atoms with Crippen molar-refractivity contribution in [3.63, 3.8) is 0 Å². The molecule has 1 aliphatic rings. The molecule has 2 aromatic heterocycles. The third-order valence-electron chi connectivity index (χ3n) is 10.4. The summed E-state index contributed by atoms with van der Waals surface area (Å²) in [5.41, 5.74) is 4.20. The number of phosphoric ester groups is 3. The molecule has 0 bridgehead atoms. The number of hydrogen-bond donors (Lipinski definition) is 10. The molecule has 0 radical (unpaired) electrons. The molecular formula is C36H60N7O20P3S. The Kier molecular flexibility index (Phi) is 22.1. The molecule has 67 heavy (non-hydrogen) atoms. The van der Waals surface area contributed by atoms with Crippen LogP contribution in [-0.2, 0) is 60.3 Å². The summed E-state index contributed by atoms with van der Waals surface area (Å²) in [5.74, 6) is -2.95. The number of anilines is 1. The number of carboxylic acids is 1. The Hall–Kier alpha value is -3.30. The smallest absolute Gasteiger partial charge is 0.481 e. The molecule has 380 valence electrons. The van der Waals surface area contributed by atoms with Gasteiger partial charge in [-0.25, -0.2) is 28.6 Å². The number of aliphatic hydroxyl groups is 2. The number of aromatic nitrogens is 4. The minimum atomic E-state index is -5.60. The number of carbonyl (C=O) groups is 5. The summed E-state index contributed by atoms with van der Waals surface area (Å²) in [6.45, 7) is 5.63. The molecule has 0 aliphatic carbocycles. The topological polar surface area (TPSA) is 418 Å². The summed E-state index contributed by atoms with van der Waals surface area (Å²) in [6, 6.07) is 0. The van der Waals surface area contributed by atoms with Gasteiger partial charge in [0, 0.05) is 43.5 Å². The first-order chi connectivity index (χ1) is 31.0. The molecule has 3 heterocycles. The summed E-state index contributed by atoms with van der Waals surface area (Å²) in [5, 5.41) is 35.0. The van der Waals surface area contributed by atoms with Crippen molar-refractivity contribution in [2.75, 3.05) is 37.8 Å². The number of aliphatic carboxylic acids is 1. The Morgan fingerprint density at radius 3 is 2.25 bits per heavy atom. The van der Waals surface area contributed by atoms with Crippen LogP contribution in [0.2, 0.25) is 0 Å². The van der Waals surface area contributed by atoms with Crippen LogP contribution in [0.25, 0.3) is 11.2 Å². The van der Waals surface area contributed by atoms with E-state index >= 15 is 0 Å². The first kappa shape index (κ1) is 58.0. The average molecular weight is 1040 g/mol. The highest BCUT2D eigenvalue weighted by molar-refractivity contribution is 8.13. The number of ketones is 1. The van der Waals surface area contributed by atoms with Gasteiger partial charge in [0.25, 0.3) is 0 Å². The van der Waals surface area contributed by atoms with Gasteiger partial charge >= 0.3 is 29.4 Å². The van der Waals surface area contributed by atoms with E-state index in [1.807, 2.05) is 13.8 Å². The van der Waals surface area contributed by atoms with E-state index in [-0.39, 0.29) is 77.8 Å². The average Bonchev–Trinajstić information content (AvgIpc) is 3.78. The molecular weight excluding hydrogens is 975 g/mol. The van der Waals surface area contributed by atoms with Gasteiger partial charge in [0.15, 0.2) is 22.8 Å². The number of thioether (sulfide) groups is 1. The number of Topliss-reactive ketones (excluding diaryl/α,β-unsaturated/α-hetero) is 1. The van der Waals surface area contributed by atoms with E-state index < -0.39 is 96.4 Å². The van der Waals surface area contributed by atoms with E-state index in [1.54, 1.807) is 0 Å². The number of fused-ring (bicyclic) bond motifs is 1. The Bertz CT molecular complexity index is 2180. The predicted molar refractivity (Wildman–Crippen MR) is 235 cm³/mol. The van der Waals surface area contributed by atoms with Crippen molar-refractivity contribution in [2.24, 2.45) is 23.2 Å². The van der Waals surface area contributed by atoms with Crippen LogP contribution in [0.3, 0.4) is 0 Å². The van der Waals surface area contributed by atoms with Crippen molar-refractivity contribution in [3.8, 4) is 0 Å². The fourth-order valence-electron chi connectivity index (χ4n) is 6.50. The molecule has 5 unspecified atom stereocenters. The van der Waals surface area contributed by atoms with Crippen LogP contribution in [0.5, 0.6) is 0 Å². The lowest BCUT2D eigenvalue weighted by molar-refractivity contribution is -0.138. The van der Waals surface area contributed by atoms with Gasteiger partial charge in [0.05, 0.1) is 25.5 Å². The Morgan fingerprint density at radius 1 is 0.940 bits per heavy atom. The molecule has 31 heteroatoms. The number of rotatable bonds is 30. The number of imidazole rings is 1. The van der Waals surface area contributed by atoms with E-state index in [9.17, 15) is 67.5 Å². The Morgan fingerprint density at radius 2 is 1.60 bits per heavy atom. The second-order valence-corrected chi connectivity index (χ2v) is 22.0. The lowest BCUT2D eigenvalue weighted by Crippen LogP contribution is -2.46. The minimum Gasteiger partial charge on any atom is -0.481 e. The molecule has 2 aromatic rings. The maximum atomic E-state index is 12.7. The zero-order valence-corrected chi connectivity index (χ0v) is 40.8. The summed E-state index contributed by atoms with van der Waals surface area (Å²) < 4.78 is 62.3. The molecule has 11 N–H and O–H groups in total. The molecule has 0 saturated carbocycles. The zero-order valence-electron chi connectivity index (χ0n) is 37.3. The van der Waals surface area contributed by atoms with E-state index in [1.165, 1.54) is 20.8 Å². The summed E-state index contributed by atoms with van der Waals surface area (Å²) >= 11 is 0.894. The van der Waals surface area contributed by atoms with Gasteiger partial charge in [-0.1, -0.05) is 58.7 Å². The SMILES string of the molecule is CC(CCCC(C)CC(=O)O)CCC(=O)C(C)C(=O)SCCNC(=O)CCNC(=O)[C@H](O)C(C)(C)COP(=O)(O)OP(=O)(O)OC[C@H]1O[C@H](n2cnc3c(N)ncnc32)[C@@H](O)[C@@H]1OP(=O)(O)O. The number of hydrogen-bond acceptors (Lipinski definition) is 20. The number of nitrogens with zero attached hydrogens (tertiary/aromatic N) is 4. The fourth-order valence-corrected chi connectivity index (χ4v) is 10.1. The van der Waals surface area contributed by atoms with Crippen molar-refractivity contribution >= 4 is 80.9 Å². The van der Waals surface area contributed by atoms with Crippen molar-refractivity contribution in [3.05, 3.63) is 12.7 Å². The van der Waals surface area contributed by atoms with Crippen LogP contribution >= 0.6 is 35.2 Å². The molecule has 27 nitrogen and oxygen atoms in total. The maximum Gasteiger partial charge on any atom is 0.481 e. The van der Waals surface area contributed by atoms with E-state index in [0.717, 1.165) is 48.2 Å².